The van der Waals surface area contributed by atoms with Crippen molar-refractivity contribution in [3.63, 3.8) is 0 Å². The molecule has 0 aromatic heterocycles. The number of rotatable bonds is 2. The molecule has 9 atom stereocenters. The van der Waals surface area contributed by atoms with Crippen molar-refractivity contribution < 1.29 is 19.0 Å². The van der Waals surface area contributed by atoms with E-state index in [2.05, 4.69) is 32.6 Å². The van der Waals surface area contributed by atoms with Crippen LogP contribution in [-0.4, -0.2) is 60.5 Å². The highest BCUT2D eigenvalue weighted by Gasteiger charge is 2.78. The normalized spacial score (nSPS) is 56.3. The van der Waals surface area contributed by atoms with Gasteiger partial charge in [0.2, 0.25) is 0 Å². The SMILES string of the molecule is C[C@@H]1CN(C[C@@H]2C(=O)O[C@@H]3C[C@@]4(C)CCC[C@@H](C)[C@@]45O[C@H]5[C@H]23)C[C@H](C)O1. The van der Waals surface area contributed by atoms with E-state index in [1.54, 1.807) is 0 Å². The Bertz CT molecular complexity index is 601. The van der Waals surface area contributed by atoms with Gasteiger partial charge in [-0.15, -0.1) is 0 Å². The molecule has 1 spiro atoms. The lowest BCUT2D eigenvalue weighted by Gasteiger charge is -2.49. The average molecular weight is 363 g/mol. The van der Waals surface area contributed by atoms with Gasteiger partial charge in [-0.2, -0.15) is 0 Å². The Kier molecular flexibility index (Phi) is 3.81. The highest BCUT2D eigenvalue weighted by atomic mass is 16.6. The van der Waals surface area contributed by atoms with E-state index in [9.17, 15) is 4.79 Å². The fourth-order valence-corrected chi connectivity index (χ4v) is 7.15. The van der Waals surface area contributed by atoms with Gasteiger partial charge in [0, 0.05) is 31.0 Å². The largest absolute Gasteiger partial charge is 0.462 e. The number of epoxide rings is 1. The van der Waals surface area contributed by atoms with Crippen molar-refractivity contribution in [1.29, 1.82) is 0 Å². The van der Waals surface area contributed by atoms with Crippen LogP contribution in [0.25, 0.3) is 0 Å². The molecule has 3 aliphatic heterocycles. The molecular formula is C21H33NO4. The van der Waals surface area contributed by atoms with Gasteiger partial charge in [-0.1, -0.05) is 20.3 Å². The maximum atomic E-state index is 12.8. The van der Waals surface area contributed by atoms with Crippen molar-refractivity contribution in [2.75, 3.05) is 19.6 Å². The molecule has 5 heteroatoms. The minimum Gasteiger partial charge on any atom is -0.462 e. The van der Waals surface area contributed by atoms with E-state index in [1.165, 1.54) is 19.3 Å². The zero-order valence-electron chi connectivity index (χ0n) is 16.6. The van der Waals surface area contributed by atoms with Crippen molar-refractivity contribution in [2.45, 2.75) is 83.4 Å². The van der Waals surface area contributed by atoms with Crippen molar-refractivity contribution in [3.05, 3.63) is 0 Å². The number of carbonyl (C=O) groups is 1. The third-order valence-corrected chi connectivity index (χ3v) is 8.14. The molecule has 0 bridgehead atoms. The summed E-state index contributed by atoms with van der Waals surface area (Å²) in [6.45, 7) is 11.6. The van der Waals surface area contributed by atoms with Crippen LogP contribution in [0.15, 0.2) is 0 Å². The molecule has 0 amide bonds. The zero-order chi connectivity index (χ0) is 18.3. The number of esters is 1. The average Bonchev–Trinajstić information content (AvgIpc) is 3.22. The van der Waals surface area contributed by atoms with Gasteiger partial charge >= 0.3 is 5.97 Å². The molecule has 5 fully saturated rings. The lowest BCUT2D eigenvalue weighted by atomic mass is 9.53. The lowest BCUT2D eigenvalue weighted by molar-refractivity contribution is -0.147. The van der Waals surface area contributed by atoms with Crippen LogP contribution < -0.4 is 0 Å². The Morgan fingerprint density at radius 2 is 1.92 bits per heavy atom. The molecule has 0 aromatic carbocycles. The first-order valence-corrected chi connectivity index (χ1v) is 10.6. The molecule has 0 unspecified atom stereocenters. The van der Waals surface area contributed by atoms with Crippen LogP contribution in [0.5, 0.6) is 0 Å². The van der Waals surface area contributed by atoms with Crippen LogP contribution in [0.3, 0.4) is 0 Å². The van der Waals surface area contributed by atoms with E-state index >= 15 is 0 Å². The van der Waals surface area contributed by atoms with Crippen molar-refractivity contribution in [3.8, 4) is 0 Å². The first kappa shape index (κ1) is 17.4. The molecule has 3 saturated heterocycles. The summed E-state index contributed by atoms with van der Waals surface area (Å²) in [5, 5.41) is 0. The van der Waals surface area contributed by atoms with Gasteiger partial charge in [-0.05, 0) is 39.0 Å². The number of hydrogen-bond donors (Lipinski definition) is 0. The maximum Gasteiger partial charge on any atom is 0.311 e. The highest BCUT2D eigenvalue weighted by molar-refractivity contribution is 5.76. The Morgan fingerprint density at radius 3 is 2.65 bits per heavy atom. The van der Waals surface area contributed by atoms with Gasteiger partial charge in [0.05, 0.1) is 24.2 Å². The highest BCUT2D eigenvalue weighted by Crippen LogP contribution is 2.70. The number of carbonyl (C=O) groups excluding carboxylic acids is 1. The molecule has 5 rings (SSSR count). The van der Waals surface area contributed by atoms with Gasteiger partial charge in [0.1, 0.15) is 11.7 Å². The molecule has 5 aliphatic rings. The van der Waals surface area contributed by atoms with E-state index in [4.69, 9.17) is 14.2 Å². The summed E-state index contributed by atoms with van der Waals surface area (Å²) in [7, 11) is 0. The van der Waals surface area contributed by atoms with Crippen molar-refractivity contribution in [1.82, 2.24) is 4.90 Å². The molecular weight excluding hydrogens is 330 g/mol. The number of ether oxygens (including phenoxy) is 3. The van der Waals surface area contributed by atoms with Crippen LogP contribution in [-0.2, 0) is 19.0 Å². The second-order valence-corrected chi connectivity index (χ2v) is 10.0. The fraction of sp³-hybridized carbons (Fsp3) is 0.952. The first-order chi connectivity index (χ1) is 12.3. The predicted octanol–water partition coefficient (Wildman–Crippen LogP) is 2.62. The van der Waals surface area contributed by atoms with Crippen LogP contribution in [0, 0.1) is 23.2 Å². The molecule has 146 valence electrons. The smallest absolute Gasteiger partial charge is 0.311 e. The minimum atomic E-state index is -0.0412. The van der Waals surface area contributed by atoms with E-state index < -0.39 is 0 Å². The molecule has 2 aliphatic carbocycles. The minimum absolute atomic E-state index is 0.00421. The molecule has 5 nitrogen and oxygen atoms in total. The quantitative estimate of drug-likeness (QED) is 0.558. The monoisotopic (exact) mass is 363 g/mol. The van der Waals surface area contributed by atoms with Gasteiger partial charge in [-0.25, -0.2) is 0 Å². The lowest BCUT2D eigenvalue weighted by Crippen LogP contribution is -2.55. The molecule has 3 heterocycles. The number of fused-ring (bicyclic) bond motifs is 2. The fourth-order valence-electron chi connectivity index (χ4n) is 7.15. The molecule has 2 saturated carbocycles. The van der Waals surface area contributed by atoms with E-state index in [0.29, 0.717) is 5.92 Å². The predicted molar refractivity (Wildman–Crippen MR) is 96.7 cm³/mol. The van der Waals surface area contributed by atoms with E-state index in [1.807, 2.05) is 0 Å². The van der Waals surface area contributed by atoms with Gasteiger partial charge in [0.25, 0.3) is 0 Å². The van der Waals surface area contributed by atoms with E-state index in [0.717, 1.165) is 26.1 Å². The summed E-state index contributed by atoms with van der Waals surface area (Å²) in [6, 6.07) is 0. The van der Waals surface area contributed by atoms with Crippen LogP contribution in [0.2, 0.25) is 0 Å². The number of hydrogen-bond acceptors (Lipinski definition) is 5. The molecule has 0 radical (unpaired) electrons. The third kappa shape index (κ3) is 2.29. The second kappa shape index (κ2) is 5.68. The van der Waals surface area contributed by atoms with Gasteiger partial charge in [-0.3, -0.25) is 9.69 Å². The van der Waals surface area contributed by atoms with E-state index in [-0.39, 0.29) is 53.2 Å². The molecule has 0 aromatic rings. The van der Waals surface area contributed by atoms with Crippen LogP contribution >= 0.6 is 0 Å². The first-order valence-electron chi connectivity index (χ1n) is 10.6. The summed E-state index contributed by atoms with van der Waals surface area (Å²) in [4.78, 5) is 15.2. The van der Waals surface area contributed by atoms with Gasteiger partial charge < -0.3 is 14.2 Å². The van der Waals surface area contributed by atoms with Crippen molar-refractivity contribution in [2.24, 2.45) is 23.2 Å². The summed E-state index contributed by atoms with van der Waals surface area (Å²) >= 11 is 0. The summed E-state index contributed by atoms with van der Waals surface area (Å²) in [5.74, 6) is 0.796. The topological polar surface area (TPSA) is 51.3 Å². The summed E-state index contributed by atoms with van der Waals surface area (Å²) in [5.41, 5.74) is 0.178. The third-order valence-electron chi connectivity index (χ3n) is 8.14. The standard InChI is InChI=1S/C21H33NO4/c1-12-6-5-7-20(4)8-16-17(18-21(12,20)26-18)15(19(23)25-16)11-22-9-13(2)24-14(3)10-22/h12-18H,5-11H2,1-4H3/t12-,13-,14+,15+,16-,17-,18+,20-,21+/m1/s1. The van der Waals surface area contributed by atoms with Crippen LogP contribution in [0.1, 0.15) is 53.4 Å². The van der Waals surface area contributed by atoms with Crippen LogP contribution in [0.4, 0.5) is 0 Å². The summed E-state index contributed by atoms with van der Waals surface area (Å²) < 4.78 is 18.3. The number of nitrogens with zero attached hydrogens (tertiary/aromatic N) is 1. The number of morpholine rings is 1. The Hall–Kier alpha value is -0.650. The van der Waals surface area contributed by atoms with Crippen molar-refractivity contribution >= 4 is 5.97 Å². The Morgan fingerprint density at radius 1 is 1.19 bits per heavy atom. The maximum absolute atomic E-state index is 12.8. The molecule has 26 heavy (non-hydrogen) atoms. The molecule has 0 N–H and O–H groups in total. The second-order valence-electron chi connectivity index (χ2n) is 10.0. The zero-order valence-corrected chi connectivity index (χ0v) is 16.6. The Labute approximate surface area is 156 Å². The van der Waals surface area contributed by atoms with Gasteiger partial charge in [0.15, 0.2) is 0 Å². The summed E-state index contributed by atoms with van der Waals surface area (Å²) in [6.07, 6.45) is 5.43. The Balaban J connectivity index is 1.38.